The Labute approximate surface area is 127 Å². The average Bonchev–Trinajstić information content (AvgIpc) is 2.47. The highest BCUT2D eigenvalue weighted by molar-refractivity contribution is 7.91. The molecule has 0 fully saturated rings. The molecule has 0 heterocycles. The standard InChI is InChI=1S/C15H26N2O3S/c1-13(2)17(7-4-9-18)8-10-21(19,20)15-6-3-5-14(11-15)12-16/h3,5-6,11,13,18H,4,7-10,12,16H2,1-2H3. The third-order valence-electron chi connectivity index (χ3n) is 3.47. The Morgan fingerprint density at radius 2 is 2.00 bits per heavy atom. The number of hydrogen-bond donors (Lipinski definition) is 2. The number of nitrogens with zero attached hydrogens (tertiary/aromatic N) is 1. The van der Waals surface area contributed by atoms with Crippen molar-refractivity contribution in [3.8, 4) is 0 Å². The smallest absolute Gasteiger partial charge is 0.179 e. The molecule has 0 aliphatic carbocycles. The van der Waals surface area contributed by atoms with Crippen molar-refractivity contribution in [3.63, 3.8) is 0 Å². The van der Waals surface area contributed by atoms with Crippen LogP contribution in [0.4, 0.5) is 0 Å². The first-order valence-corrected chi connectivity index (χ1v) is 8.92. The molecule has 0 atom stereocenters. The molecule has 0 saturated heterocycles. The number of benzene rings is 1. The lowest BCUT2D eigenvalue weighted by Crippen LogP contribution is -2.36. The molecule has 0 spiro atoms. The molecular formula is C15H26N2O3S. The molecule has 1 aromatic carbocycles. The van der Waals surface area contributed by atoms with Gasteiger partial charge in [-0.15, -0.1) is 0 Å². The highest BCUT2D eigenvalue weighted by Crippen LogP contribution is 2.14. The van der Waals surface area contributed by atoms with E-state index in [1.54, 1.807) is 18.2 Å². The van der Waals surface area contributed by atoms with Crippen molar-refractivity contribution in [2.45, 2.75) is 37.8 Å². The van der Waals surface area contributed by atoms with Crippen LogP contribution < -0.4 is 5.73 Å². The van der Waals surface area contributed by atoms with Crippen LogP contribution in [0.2, 0.25) is 0 Å². The second kappa shape index (κ2) is 8.48. The molecule has 0 aliphatic heterocycles. The van der Waals surface area contributed by atoms with E-state index >= 15 is 0 Å². The zero-order valence-corrected chi connectivity index (χ0v) is 13.6. The molecule has 1 rings (SSSR count). The van der Waals surface area contributed by atoms with Crippen molar-refractivity contribution in [1.29, 1.82) is 0 Å². The lowest BCUT2D eigenvalue weighted by molar-refractivity contribution is 0.200. The summed E-state index contributed by atoms with van der Waals surface area (Å²) in [5.74, 6) is 0.0740. The summed E-state index contributed by atoms with van der Waals surface area (Å²) in [4.78, 5) is 2.40. The summed E-state index contributed by atoms with van der Waals surface area (Å²) < 4.78 is 24.8. The molecule has 0 saturated carbocycles. The number of sulfone groups is 1. The minimum atomic E-state index is -3.31. The normalized spacial score (nSPS) is 12.3. The fourth-order valence-corrected chi connectivity index (χ4v) is 3.45. The summed E-state index contributed by atoms with van der Waals surface area (Å²) in [7, 11) is -3.31. The molecule has 6 heteroatoms. The van der Waals surface area contributed by atoms with Crippen LogP contribution in [-0.2, 0) is 16.4 Å². The summed E-state index contributed by atoms with van der Waals surface area (Å²) in [5, 5.41) is 8.90. The van der Waals surface area contributed by atoms with Crippen LogP contribution in [0.1, 0.15) is 25.8 Å². The number of hydrogen-bond acceptors (Lipinski definition) is 5. The lowest BCUT2D eigenvalue weighted by Gasteiger charge is -2.26. The molecule has 21 heavy (non-hydrogen) atoms. The van der Waals surface area contributed by atoms with Gasteiger partial charge >= 0.3 is 0 Å². The SMILES string of the molecule is CC(C)N(CCCO)CCS(=O)(=O)c1cccc(CN)c1. The monoisotopic (exact) mass is 314 g/mol. The highest BCUT2D eigenvalue weighted by atomic mass is 32.2. The fraction of sp³-hybridized carbons (Fsp3) is 0.600. The van der Waals surface area contributed by atoms with E-state index < -0.39 is 9.84 Å². The molecule has 0 unspecified atom stereocenters. The number of nitrogens with two attached hydrogens (primary N) is 1. The molecule has 0 bridgehead atoms. The van der Waals surface area contributed by atoms with Crippen LogP contribution in [0.25, 0.3) is 0 Å². The predicted molar refractivity (Wildman–Crippen MR) is 84.8 cm³/mol. The fourth-order valence-electron chi connectivity index (χ4n) is 2.12. The van der Waals surface area contributed by atoms with Gasteiger partial charge in [-0.3, -0.25) is 4.90 Å². The van der Waals surface area contributed by atoms with Gasteiger partial charge in [0.25, 0.3) is 0 Å². The van der Waals surface area contributed by atoms with Gasteiger partial charge in [0.1, 0.15) is 0 Å². The van der Waals surface area contributed by atoms with E-state index in [1.165, 1.54) is 0 Å². The topological polar surface area (TPSA) is 83.6 Å². The summed E-state index contributed by atoms with van der Waals surface area (Å²) in [6, 6.07) is 7.05. The Morgan fingerprint density at radius 3 is 2.57 bits per heavy atom. The first-order chi connectivity index (χ1) is 9.90. The Morgan fingerprint density at radius 1 is 1.29 bits per heavy atom. The van der Waals surface area contributed by atoms with Crippen LogP contribution in [0.3, 0.4) is 0 Å². The minimum absolute atomic E-state index is 0.0740. The summed E-state index contributed by atoms with van der Waals surface area (Å²) in [5.41, 5.74) is 6.37. The van der Waals surface area contributed by atoms with Gasteiger partial charge in [-0.1, -0.05) is 12.1 Å². The van der Waals surface area contributed by atoms with E-state index in [2.05, 4.69) is 4.90 Å². The van der Waals surface area contributed by atoms with Crippen molar-refractivity contribution in [1.82, 2.24) is 4.90 Å². The number of aliphatic hydroxyl groups is 1. The maximum Gasteiger partial charge on any atom is 0.179 e. The molecule has 1 aromatic rings. The second-order valence-electron chi connectivity index (χ2n) is 5.38. The average molecular weight is 314 g/mol. The Bertz CT molecular complexity index is 529. The lowest BCUT2D eigenvalue weighted by atomic mass is 10.2. The van der Waals surface area contributed by atoms with Crippen LogP contribution in [0.15, 0.2) is 29.2 Å². The van der Waals surface area contributed by atoms with Crippen LogP contribution >= 0.6 is 0 Å². The maximum absolute atomic E-state index is 12.4. The molecular weight excluding hydrogens is 288 g/mol. The predicted octanol–water partition coefficient (Wildman–Crippen LogP) is 1.01. The van der Waals surface area contributed by atoms with Gasteiger partial charge in [0.15, 0.2) is 9.84 Å². The zero-order chi connectivity index (χ0) is 15.9. The first kappa shape index (κ1) is 18.1. The van der Waals surface area contributed by atoms with E-state index in [1.807, 2.05) is 19.9 Å². The van der Waals surface area contributed by atoms with E-state index in [4.69, 9.17) is 10.8 Å². The molecule has 0 aliphatic rings. The van der Waals surface area contributed by atoms with Gasteiger partial charge < -0.3 is 10.8 Å². The van der Waals surface area contributed by atoms with E-state index in [0.717, 1.165) is 5.56 Å². The number of aliphatic hydroxyl groups excluding tert-OH is 1. The van der Waals surface area contributed by atoms with Gasteiger partial charge in [0, 0.05) is 32.3 Å². The van der Waals surface area contributed by atoms with Crippen LogP contribution in [0, 0.1) is 0 Å². The minimum Gasteiger partial charge on any atom is -0.396 e. The summed E-state index contributed by atoms with van der Waals surface area (Å²) in [6.45, 7) is 5.67. The van der Waals surface area contributed by atoms with Gasteiger partial charge in [0.05, 0.1) is 10.6 Å². The van der Waals surface area contributed by atoms with Crippen LogP contribution in [-0.4, -0.2) is 49.9 Å². The van der Waals surface area contributed by atoms with Gasteiger partial charge in [-0.2, -0.15) is 0 Å². The van der Waals surface area contributed by atoms with Gasteiger partial charge in [0.2, 0.25) is 0 Å². The maximum atomic E-state index is 12.4. The molecule has 0 amide bonds. The molecule has 3 N–H and O–H groups in total. The van der Waals surface area contributed by atoms with Crippen molar-refractivity contribution in [3.05, 3.63) is 29.8 Å². The highest BCUT2D eigenvalue weighted by Gasteiger charge is 2.18. The zero-order valence-electron chi connectivity index (χ0n) is 12.8. The summed E-state index contributed by atoms with van der Waals surface area (Å²) >= 11 is 0. The Balaban J connectivity index is 2.74. The first-order valence-electron chi connectivity index (χ1n) is 7.27. The van der Waals surface area contributed by atoms with Gasteiger partial charge in [-0.05, 0) is 38.0 Å². The molecule has 0 radical (unpaired) electrons. The van der Waals surface area contributed by atoms with E-state index in [9.17, 15) is 8.42 Å². The molecule has 5 nitrogen and oxygen atoms in total. The van der Waals surface area contributed by atoms with Crippen molar-refractivity contribution < 1.29 is 13.5 Å². The quantitative estimate of drug-likeness (QED) is 0.711. The Kier molecular flexibility index (Phi) is 7.31. The summed E-state index contributed by atoms with van der Waals surface area (Å²) in [6.07, 6.45) is 0.654. The van der Waals surface area contributed by atoms with Gasteiger partial charge in [-0.25, -0.2) is 8.42 Å². The largest absolute Gasteiger partial charge is 0.396 e. The van der Waals surface area contributed by atoms with Crippen molar-refractivity contribution in [2.24, 2.45) is 5.73 Å². The second-order valence-corrected chi connectivity index (χ2v) is 7.49. The van der Waals surface area contributed by atoms with Crippen molar-refractivity contribution >= 4 is 9.84 Å². The Hall–Kier alpha value is -0.950. The van der Waals surface area contributed by atoms with Crippen molar-refractivity contribution in [2.75, 3.05) is 25.4 Å². The van der Waals surface area contributed by atoms with Crippen LogP contribution in [0.5, 0.6) is 0 Å². The molecule has 0 aromatic heterocycles. The third-order valence-corrected chi connectivity index (χ3v) is 5.17. The molecule has 120 valence electrons. The number of rotatable bonds is 9. The van der Waals surface area contributed by atoms with E-state index in [0.29, 0.717) is 31.0 Å². The van der Waals surface area contributed by atoms with E-state index in [-0.39, 0.29) is 18.4 Å². The third kappa shape index (κ3) is 5.74.